The van der Waals surface area contributed by atoms with Crippen LogP contribution in [0.1, 0.15) is 36.7 Å². The van der Waals surface area contributed by atoms with Crippen LogP contribution in [0.2, 0.25) is 0 Å². The Kier molecular flexibility index (Phi) is 6.85. The van der Waals surface area contributed by atoms with E-state index in [0.29, 0.717) is 0 Å². The zero-order chi connectivity index (χ0) is 15.5. The van der Waals surface area contributed by atoms with E-state index in [0.717, 1.165) is 44.7 Å². The highest BCUT2D eigenvalue weighted by Crippen LogP contribution is 2.12. The fourth-order valence-electron chi connectivity index (χ4n) is 2.75. The maximum Gasteiger partial charge on any atom is 0.253 e. The first-order valence-corrected chi connectivity index (χ1v) is 7.78. The van der Waals surface area contributed by atoms with Gasteiger partial charge in [-0.1, -0.05) is 19.1 Å². The Labute approximate surface area is 140 Å². The number of nitrogens with two attached hydrogens (primary N) is 1. The highest BCUT2D eigenvalue weighted by molar-refractivity contribution is 5.94. The molecule has 0 aliphatic carbocycles. The molecule has 0 aromatic heterocycles. The second kappa shape index (κ2) is 7.95. The molecule has 1 fully saturated rings. The molecule has 4 nitrogen and oxygen atoms in total. The van der Waals surface area contributed by atoms with Crippen LogP contribution in [0.15, 0.2) is 24.3 Å². The lowest BCUT2D eigenvalue weighted by atomic mass is 10.1. The molecule has 5 heteroatoms. The van der Waals surface area contributed by atoms with Crippen LogP contribution in [0, 0.1) is 0 Å². The molecule has 0 bridgehead atoms. The molecule has 1 heterocycles. The molecule has 2 N–H and O–H groups in total. The lowest BCUT2D eigenvalue weighted by Gasteiger charge is -2.37. The molecular formula is C17H28ClN3O. The topological polar surface area (TPSA) is 49.6 Å². The van der Waals surface area contributed by atoms with E-state index in [1.807, 2.05) is 43.0 Å². The Bertz CT molecular complexity index is 474. The zero-order valence-electron chi connectivity index (χ0n) is 13.8. The first-order valence-electron chi connectivity index (χ1n) is 7.78. The summed E-state index contributed by atoms with van der Waals surface area (Å²) in [5.41, 5.74) is 7.94. The number of halogens is 1. The van der Waals surface area contributed by atoms with Crippen molar-refractivity contribution in [3.63, 3.8) is 0 Å². The van der Waals surface area contributed by atoms with Crippen LogP contribution in [0.4, 0.5) is 0 Å². The molecule has 1 aliphatic heterocycles. The van der Waals surface area contributed by atoms with E-state index in [4.69, 9.17) is 5.73 Å². The molecule has 124 valence electrons. The number of nitrogens with zero attached hydrogens (tertiary/aromatic N) is 2. The van der Waals surface area contributed by atoms with Crippen LogP contribution < -0.4 is 5.73 Å². The standard InChI is InChI=1S/C17H27N3O.ClH/c1-4-14-5-7-15(8-6-14)16(21)20-11-9-19(10-12-20)13-17(2,3)18;/h5-8H,4,9-13,18H2,1-3H3;1H. The fraction of sp³-hybridized carbons (Fsp3) is 0.588. The van der Waals surface area contributed by atoms with E-state index in [9.17, 15) is 4.79 Å². The van der Waals surface area contributed by atoms with Crippen molar-refractivity contribution in [2.45, 2.75) is 32.7 Å². The van der Waals surface area contributed by atoms with Gasteiger partial charge in [0.05, 0.1) is 0 Å². The Hall–Kier alpha value is -1.10. The second-order valence-electron chi connectivity index (χ2n) is 6.61. The number of hydrogen-bond donors (Lipinski definition) is 1. The van der Waals surface area contributed by atoms with Crippen molar-refractivity contribution in [2.24, 2.45) is 5.73 Å². The van der Waals surface area contributed by atoms with Crippen LogP contribution in [0.25, 0.3) is 0 Å². The van der Waals surface area contributed by atoms with Gasteiger partial charge in [-0.2, -0.15) is 0 Å². The van der Waals surface area contributed by atoms with Crippen LogP contribution in [-0.4, -0.2) is 54.0 Å². The van der Waals surface area contributed by atoms with E-state index in [-0.39, 0.29) is 23.9 Å². The van der Waals surface area contributed by atoms with Gasteiger partial charge in [0, 0.05) is 43.8 Å². The van der Waals surface area contributed by atoms with Crippen LogP contribution in [0.5, 0.6) is 0 Å². The van der Waals surface area contributed by atoms with E-state index in [2.05, 4.69) is 11.8 Å². The normalized spacial score (nSPS) is 16.3. The predicted octanol–water partition coefficient (Wildman–Crippen LogP) is 2.17. The number of piperazine rings is 1. The van der Waals surface area contributed by atoms with Gasteiger partial charge in [0.25, 0.3) is 5.91 Å². The number of hydrogen-bond acceptors (Lipinski definition) is 3. The number of carbonyl (C=O) groups excluding carboxylic acids is 1. The maximum absolute atomic E-state index is 12.5. The molecule has 22 heavy (non-hydrogen) atoms. The smallest absolute Gasteiger partial charge is 0.253 e. The molecule has 2 rings (SSSR count). The highest BCUT2D eigenvalue weighted by Gasteiger charge is 2.24. The third-order valence-corrected chi connectivity index (χ3v) is 3.90. The van der Waals surface area contributed by atoms with Gasteiger partial charge in [-0.25, -0.2) is 0 Å². The first kappa shape index (κ1) is 18.9. The van der Waals surface area contributed by atoms with Crippen molar-refractivity contribution >= 4 is 18.3 Å². The fourth-order valence-corrected chi connectivity index (χ4v) is 2.75. The van der Waals surface area contributed by atoms with E-state index in [1.54, 1.807) is 0 Å². The lowest BCUT2D eigenvalue weighted by Crippen LogP contribution is -2.54. The van der Waals surface area contributed by atoms with E-state index >= 15 is 0 Å². The molecule has 1 aliphatic rings. The molecule has 0 radical (unpaired) electrons. The number of aryl methyl sites for hydroxylation is 1. The Balaban J connectivity index is 0.00000242. The summed E-state index contributed by atoms with van der Waals surface area (Å²) >= 11 is 0. The van der Waals surface area contributed by atoms with Crippen molar-refractivity contribution < 1.29 is 4.79 Å². The molecule has 0 atom stereocenters. The Morgan fingerprint density at radius 2 is 1.68 bits per heavy atom. The van der Waals surface area contributed by atoms with Crippen LogP contribution in [0.3, 0.4) is 0 Å². The van der Waals surface area contributed by atoms with Gasteiger partial charge in [0.1, 0.15) is 0 Å². The molecule has 1 aromatic rings. The summed E-state index contributed by atoms with van der Waals surface area (Å²) < 4.78 is 0. The first-order chi connectivity index (χ1) is 9.89. The summed E-state index contributed by atoms with van der Waals surface area (Å²) in [6, 6.07) is 7.97. The molecule has 1 aromatic carbocycles. The zero-order valence-corrected chi connectivity index (χ0v) is 14.7. The van der Waals surface area contributed by atoms with Crippen molar-refractivity contribution in [3.8, 4) is 0 Å². The summed E-state index contributed by atoms with van der Waals surface area (Å²) in [6.07, 6.45) is 1.00. The monoisotopic (exact) mass is 325 g/mol. The number of benzene rings is 1. The third kappa shape index (κ3) is 5.27. The number of carbonyl (C=O) groups is 1. The van der Waals surface area contributed by atoms with Crippen molar-refractivity contribution in [2.75, 3.05) is 32.7 Å². The van der Waals surface area contributed by atoms with Gasteiger partial charge >= 0.3 is 0 Å². The third-order valence-electron chi connectivity index (χ3n) is 3.90. The van der Waals surface area contributed by atoms with Crippen LogP contribution in [-0.2, 0) is 6.42 Å². The van der Waals surface area contributed by atoms with E-state index < -0.39 is 0 Å². The maximum atomic E-state index is 12.5. The summed E-state index contributed by atoms with van der Waals surface area (Å²) in [5.74, 6) is 0.143. The largest absolute Gasteiger partial charge is 0.336 e. The average molecular weight is 326 g/mol. The average Bonchev–Trinajstić information content (AvgIpc) is 2.46. The second-order valence-corrected chi connectivity index (χ2v) is 6.61. The van der Waals surface area contributed by atoms with Crippen molar-refractivity contribution in [1.82, 2.24) is 9.80 Å². The Morgan fingerprint density at radius 1 is 1.14 bits per heavy atom. The van der Waals surface area contributed by atoms with Gasteiger partial charge < -0.3 is 10.6 Å². The minimum Gasteiger partial charge on any atom is -0.336 e. The summed E-state index contributed by atoms with van der Waals surface area (Å²) in [7, 11) is 0. The summed E-state index contributed by atoms with van der Waals surface area (Å²) in [5, 5.41) is 0. The summed E-state index contributed by atoms with van der Waals surface area (Å²) in [6.45, 7) is 10.4. The van der Waals surface area contributed by atoms with Crippen molar-refractivity contribution in [1.29, 1.82) is 0 Å². The van der Waals surface area contributed by atoms with Gasteiger partial charge in [-0.05, 0) is 38.0 Å². The van der Waals surface area contributed by atoms with Gasteiger partial charge in [-0.15, -0.1) is 12.4 Å². The van der Waals surface area contributed by atoms with Gasteiger partial charge in [-0.3, -0.25) is 9.69 Å². The lowest BCUT2D eigenvalue weighted by molar-refractivity contribution is 0.0616. The Morgan fingerprint density at radius 3 is 2.14 bits per heavy atom. The molecule has 1 saturated heterocycles. The van der Waals surface area contributed by atoms with Gasteiger partial charge in [0.2, 0.25) is 0 Å². The number of amides is 1. The molecular weight excluding hydrogens is 298 g/mol. The number of rotatable bonds is 4. The minimum atomic E-state index is -0.178. The van der Waals surface area contributed by atoms with Gasteiger partial charge in [0.15, 0.2) is 0 Å². The predicted molar refractivity (Wildman–Crippen MR) is 93.7 cm³/mol. The van der Waals surface area contributed by atoms with E-state index in [1.165, 1.54) is 5.56 Å². The highest BCUT2D eigenvalue weighted by atomic mass is 35.5. The SMILES string of the molecule is CCc1ccc(C(=O)N2CCN(CC(C)(C)N)CC2)cc1.Cl. The quantitative estimate of drug-likeness (QED) is 0.923. The van der Waals surface area contributed by atoms with Crippen molar-refractivity contribution in [3.05, 3.63) is 35.4 Å². The minimum absolute atomic E-state index is 0. The summed E-state index contributed by atoms with van der Waals surface area (Å²) in [4.78, 5) is 16.8. The van der Waals surface area contributed by atoms with Crippen LogP contribution >= 0.6 is 12.4 Å². The molecule has 0 saturated carbocycles. The molecule has 0 unspecified atom stereocenters. The molecule has 1 amide bonds. The molecule has 0 spiro atoms.